The summed E-state index contributed by atoms with van der Waals surface area (Å²) in [5.74, 6) is 0.659. The van der Waals surface area contributed by atoms with Crippen molar-refractivity contribution in [1.82, 2.24) is 13.9 Å². The largest absolute Gasteiger partial charge is 0.331 e. The van der Waals surface area contributed by atoms with Gasteiger partial charge < -0.3 is 9.88 Å². The average Bonchev–Trinajstić information content (AvgIpc) is 3.02. The first kappa shape index (κ1) is 21.0. The van der Waals surface area contributed by atoms with Crippen molar-refractivity contribution in [2.45, 2.75) is 31.1 Å². The first-order valence-corrected chi connectivity index (χ1v) is 10.9. The molecule has 8 heteroatoms. The molecule has 154 valence electrons. The van der Waals surface area contributed by atoms with Gasteiger partial charge in [0.2, 0.25) is 15.9 Å². The zero-order valence-corrected chi connectivity index (χ0v) is 18.0. The second kappa shape index (κ2) is 8.34. The van der Waals surface area contributed by atoms with Gasteiger partial charge in [0.05, 0.1) is 15.9 Å². The summed E-state index contributed by atoms with van der Waals surface area (Å²) in [4.78, 5) is 17.2. The van der Waals surface area contributed by atoms with Gasteiger partial charge >= 0.3 is 0 Å². The number of para-hydroxylation sites is 1. The number of hydrogen-bond donors (Lipinski definition) is 1. The van der Waals surface area contributed by atoms with Crippen molar-refractivity contribution >= 4 is 32.7 Å². The van der Waals surface area contributed by atoms with Crippen LogP contribution in [0.5, 0.6) is 0 Å². The highest BCUT2D eigenvalue weighted by molar-refractivity contribution is 7.89. The predicted molar refractivity (Wildman–Crippen MR) is 114 cm³/mol. The molecule has 0 aliphatic heterocycles. The van der Waals surface area contributed by atoms with E-state index in [-0.39, 0.29) is 17.2 Å². The highest BCUT2D eigenvalue weighted by Gasteiger charge is 2.19. The summed E-state index contributed by atoms with van der Waals surface area (Å²) in [6.07, 6.45) is 1.60. The van der Waals surface area contributed by atoms with E-state index in [9.17, 15) is 13.2 Å². The van der Waals surface area contributed by atoms with Gasteiger partial charge in [-0.05, 0) is 36.2 Å². The average molecular weight is 415 g/mol. The van der Waals surface area contributed by atoms with E-state index in [1.54, 1.807) is 18.2 Å². The number of imidazole rings is 1. The third-order valence-electron chi connectivity index (χ3n) is 4.97. The Bertz CT molecular complexity index is 1150. The van der Waals surface area contributed by atoms with E-state index >= 15 is 0 Å². The fourth-order valence-corrected chi connectivity index (χ4v) is 4.14. The predicted octanol–water partition coefficient (Wildman–Crippen LogP) is 2.96. The summed E-state index contributed by atoms with van der Waals surface area (Å²) in [7, 11) is 1.35. The van der Waals surface area contributed by atoms with Crippen molar-refractivity contribution < 1.29 is 13.2 Å². The Balaban J connectivity index is 1.76. The van der Waals surface area contributed by atoms with Gasteiger partial charge in [-0.25, -0.2) is 17.7 Å². The molecule has 0 aliphatic carbocycles. The SMILES string of the molecule is CCc1ccccc1NC(=O)CCc1nc2cc(S(=O)(=O)N(C)C)ccc2n1C. The van der Waals surface area contributed by atoms with E-state index < -0.39 is 10.0 Å². The summed E-state index contributed by atoms with van der Waals surface area (Å²) in [5, 5.41) is 2.97. The lowest BCUT2D eigenvalue weighted by Gasteiger charge is -2.11. The molecule has 1 amide bonds. The van der Waals surface area contributed by atoms with Crippen molar-refractivity contribution in [1.29, 1.82) is 0 Å². The van der Waals surface area contributed by atoms with Crippen LogP contribution in [0.15, 0.2) is 47.4 Å². The fraction of sp³-hybridized carbons (Fsp3) is 0.333. The number of nitrogens with zero attached hydrogens (tertiary/aromatic N) is 3. The van der Waals surface area contributed by atoms with Gasteiger partial charge in [-0.15, -0.1) is 0 Å². The molecule has 7 nitrogen and oxygen atoms in total. The lowest BCUT2D eigenvalue weighted by atomic mass is 10.1. The van der Waals surface area contributed by atoms with Gasteiger partial charge in [0.25, 0.3) is 0 Å². The van der Waals surface area contributed by atoms with Crippen molar-refractivity contribution in [3.63, 3.8) is 0 Å². The van der Waals surface area contributed by atoms with Gasteiger partial charge in [0.1, 0.15) is 5.82 Å². The first-order valence-electron chi connectivity index (χ1n) is 9.49. The van der Waals surface area contributed by atoms with Gasteiger partial charge in [0, 0.05) is 39.7 Å². The number of benzene rings is 2. The highest BCUT2D eigenvalue weighted by Crippen LogP contribution is 2.22. The van der Waals surface area contributed by atoms with Crippen molar-refractivity contribution in [3.8, 4) is 0 Å². The molecule has 1 N–H and O–H groups in total. The molecule has 0 saturated carbocycles. The Hall–Kier alpha value is -2.71. The van der Waals surface area contributed by atoms with Gasteiger partial charge in [-0.2, -0.15) is 0 Å². The van der Waals surface area contributed by atoms with Gasteiger partial charge in [-0.3, -0.25) is 4.79 Å². The van der Waals surface area contributed by atoms with Crippen LogP contribution >= 0.6 is 0 Å². The summed E-state index contributed by atoms with van der Waals surface area (Å²) in [5.41, 5.74) is 3.36. The second-order valence-electron chi connectivity index (χ2n) is 7.08. The number of sulfonamides is 1. The Morgan fingerprint density at radius 2 is 1.90 bits per heavy atom. The molecule has 0 aliphatic rings. The molecule has 0 unspecified atom stereocenters. The maximum absolute atomic E-state index is 12.4. The molecule has 0 saturated heterocycles. The summed E-state index contributed by atoms with van der Waals surface area (Å²) >= 11 is 0. The van der Waals surface area contributed by atoms with Crippen molar-refractivity contribution in [3.05, 3.63) is 53.9 Å². The second-order valence-corrected chi connectivity index (χ2v) is 9.24. The highest BCUT2D eigenvalue weighted by atomic mass is 32.2. The molecular formula is C21H26N4O3S. The number of fused-ring (bicyclic) bond motifs is 1. The minimum Gasteiger partial charge on any atom is -0.331 e. The van der Waals surface area contributed by atoms with Crippen LogP contribution in [0.2, 0.25) is 0 Å². The Kier molecular flexibility index (Phi) is 6.04. The molecule has 1 aromatic heterocycles. The Morgan fingerprint density at radius 3 is 2.59 bits per heavy atom. The fourth-order valence-electron chi connectivity index (χ4n) is 3.21. The van der Waals surface area contributed by atoms with Crippen LogP contribution in [-0.2, 0) is 34.7 Å². The number of aryl methyl sites for hydroxylation is 3. The summed E-state index contributed by atoms with van der Waals surface area (Å²) in [6.45, 7) is 2.05. The summed E-state index contributed by atoms with van der Waals surface area (Å²) < 4.78 is 27.8. The number of carbonyl (C=O) groups excluding carboxylic acids is 1. The summed E-state index contributed by atoms with van der Waals surface area (Å²) in [6, 6.07) is 12.7. The van der Waals surface area contributed by atoms with E-state index in [0.717, 1.165) is 29.0 Å². The number of anilines is 1. The third kappa shape index (κ3) is 4.33. The quantitative estimate of drug-likeness (QED) is 0.644. The molecule has 0 atom stereocenters. The molecule has 29 heavy (non-hydrogen) atoms. The molecule has 3 rings (SSSR count). The van der Waals surface area contributed by atoms with Crippen LogP contribution < -0.4 is 5.32 Å². The smallest absolute Gasteiger partial charge is 0.242 e. The maximum atomic E-state index is 12.4. The molecule has 0 spiro atoms. The molecule has 1 heterocycles. The van der Waals surface area contributed by atoms with E-state index in [2.05, 4.69) is 17.2 Å². The monoisotopic (exact) mass is 414 g/mol. The number of amides is 1. The van der Waals surface area contributed by atoms with Crippen LogP contribution in [0.3, 0.4) is 0 Å². The minimum atomic E-state index is -3.52. The van der Waals surface area contributed by atoms with Crippen molar-refractivity contribution in [2.75, 3.05) is 19.4 Å². The van der Waals surface area contributed by atoms with Crippen LogP contribution in [0.1, 0.15) is 24.7 Å². The zero-order valence-electron chi connectivity index (χ0n) is 17.1. The van der Waals surface area contributed by atoms with Crippen LogP contribution in [-0.4, -0.2) is 42.3 Å². The van der Waals surface area contributed by atoms with Crippen molar-refractivity contribution in [2.24, 2.45) is 7.05 Å². The molecular weight excluding hydrogens is 388 g/mol. The third-order valence-corrected chi connectivity index (χ3v) is 6.78. The number of nitrogens with one attached hydrogen (secondary N) is 1. The molecule has 3 aromatic rings. The number of carbonyl (C=O) groups is 1. The van der Waals surface area contributed by atoms with E-state index in [1.807, 2.05) is 35.9 Å². The molecule has 0 fully saturated rings. The van der Waals surface area contributed by atoms with Crippen LogP contribution in [0.4, 0.5) is 5.69 Å². The standard InChI is InChI=1S/C21H26N4O3S/c1-5-15-8-6-7-9-17(15)23-21(26)13-12-20-22-18-14-16(29(27,28)24(2)3)10-11-19(18)25(20)4/h6-11,14H,5,12-13H2,1-4H3,(H,23,26). The molecule has 0 radical (unpaired) electrons. The molecule has 0 bridgehead atoms. The topological polar surface area (TPSA) is 84.3 Å². The zero-order chi connectivity index (χ0) is 21.2. The number of hydrogen-bond acceptors (Lipinski definition) is 4. The van der Waals surface area contributed by atoms with E-state index in [4.69, 9.17) is 0 Å². The van der Waals surface area contributed by atoms with Crippen LogP contribution in [0, 0.1) is 0 Å². The minimum absolute atomic E-state index is 0.0752. The van der Waals surface area contributed by atoms with Gasteiger partial charge in [-0.1, -0.05) is 25.1 Å². The number of aromatic nitrogens is 2. The van der Waals surface area contributed by atoms with E-state index in [0.29, 0.717) is 11.9 Å². The van der Waals surface area contributed by atoms with Gasteiger partial charge in [0.15, 0.2) is 0 Å². The Morgan fingerprint density at radius 1 is 1.17 bits per heavy atom. The molecule has 2 aromatic carbocycles. The number of rotatable bonds is 7. The lowest BCUT2D eigenvalue weighted by molar-refractivity contribution is -0.116. The van der Waals surface area contributed by atoms with Crippen LogP contribution in [0.25, 0.3) is 11.0 Å². The van der Waals surface area contributed by atoms with E-state index in [1.165, 1.54) is 18.4 Å². The first-order chi connectivity index (χ1) is 13.7. The normalized spacial score (nSPS) is 11.9. The Labute approximate surface area is 171 Å². The lowest BCUT2D eigenvalue weighted by Crippen LogP contribution is -2.22. The maximum Gasteiger partial charge on any atom is 0.242 e.